The number of halogens is 1. The summed E-state index contributed by atoms with van der Waals surface area (Å²) in [6.45, 7) is 4.55. The van der Waals surface area contributed by atoms with Gasteiger partial charge in [0.2, 0.25) is 0 Å². The van der Waals surface area contributed by atoms with Gasteiger partial charge in [0.15, 0.2) is 0 Å². The van der Waals surface area contributed by atoms with Crippen LogP contribution >= 0.6 is 11.6 Å². The minimum absolute atomic E-state index is 0.203. The van der Waals surface area contributed by atoms with Crippen LogP contribution in [0.25, 0.3) is 0 Å². The summed E-state index contributed by atoms with van der Waals surface area (Å²) in [7, 11) is 0. The van der Waals surface area contributed by atoms with E-state index in [1.165, 1.54) is 0 Å². The van der Waals surface area contributed by atoms with E-state index < -0.39 is 0 Å². The third kappa shape index (κ3) is 2.38. The Morgan fingerprint density at radius 3 is 2.83 bits per heavy atom. The Balaban J connectivity index is 2.25. The molecule has 1 aromatic carbocycles. The fourth-order valence-corrected chi connectivity index (χ4v) is 1.98. The highest BCUT2D eigenvalue weighted by Crippen LogP contribution is 2.21. The van der Waals surface area contributed by atoms with E-state index in [2.05, 4.69) is 10.3 Å². The molecule has 0 fully saturated rings. The van der Waals surface area contributed by atoms with Crippen molar-refractivity contribution in [2.75, 3.05) is 5.32 Å². The third-order valence-electron chi connectivity index (χ3n) is 2.73. The van der Waals surface area contributed by atoms with E-state index in [1.54, 1.807) is 18.3 Å². The van der Waals surface area contributed by atoms with Crippen molar-refractivity contribution >= 4 is 23.2 Å². The summed E-state index contributed by atoms with van der Waals surface area (Å²) in [6, 6.07) is 7.14. The lowest BCUT2D eigenvalue weighted by Gasteiger charge is -2.09. The molecule has 1 amide bonds. The number of rotatable bonds is 3. The maximum Gasteiger partial charge on any atom is 0.273 e. The van der Waals surface area contributed by atoms with Gasteiger partial charge in [0.25, 0.3) is 5.91 Å². The number of carbonyl (C=O) groups excluding carboxylic acids is 1. The molecule has 94 valence electrons. The van der Waals surface area contributed by atoms with Crippen LogP contribution in [0.2, 0.25) is 5.02 Å². The lowest BCUT2D eigenvalue weighted by atomic mass is 10.3. The van der Waals surface area contributed by atoms with Crippen LogP contribution in [0.4, 0.5) is 5.69 Å². The van der Waals surface area contributed by atoms with Crippen molar-refractivity contribution in [2.24, 2.45) is 0 Å². The lowest BCUT2D eigenvalue weighted by molar-refractivity contribution is 0.101. The molecule has 0 unspecified atom stereocenters. The highest BCUT2D eigenvalue weighted by Gasteiger charge is 2.14. The molecule has 0 atom stereocenters. The van der Waals surface area contributed by atoms with Gasteiger partial charge in [0.05, 0.1) is 16.9 Å². The summed E-state index contributed by atoms with van der Waals surface area (Å²) < 4.78 is 1.85. The predicted molar refractivity (Wildman–Crippen MR) is 72.0 cm³/mol. The summed E-state index contributed by atoms with van der Waals surface area (Å²) >= 11 is 6.00. The Morgan fingerprint density at radius 2 is 2.17 bits per heavy atom. The van der Waals surface area contributed by atoms with Crippen LogP contribution in [0.5, 0.6) is 0 Å². The number of amides is 1. The molecule has 0 saturated carbocycles. The van der Waals surface area contributed by atoms with Crippen LogP contribution in [0.15, 0.2) is 30.5 Å². The van der Waals surface area contributed by atoms with Gasteiger partial charge in [0.1, 0.15) is 11.5 Å². The van der Waals surface area contributed by atoms with Crippen LogP contribution < -0.4 is 5.32 Å². The number of nitrogens with zero attached hydrogens (tertiary/aromatic N) is 2. The molecule has 0 saturated heterocycles. The van der Waals surface area contributed by atoms with Crippen molar-refractivity contribution < 1.29 is 4.79 Å². The van der Waals surface area contributed by atoms with Crippen molar-refractivity contribution in [1.29, 1.82) is 0 Å². The largest absolute Gasteiger partial charge is 0.325 e. The second-order valence-electron chi connectivity index (χ2n) is 3.87. The van der Waals surface area contributed by atoms with E-state index in [0.717, 1.165) is 5.82 Å². The van der Waals surface area contributed by atoms with Crippen LogP contribution in [0.1, 0.15) is 23.2 Å². The van der Waals surface area contributed by atoms with Crippen LogP contribution in [-0.4, -0.2) is 15.5 Å². The Bertz CT molecular complexity index is 577. The molecule has 0 bridgehead atoms. The van der Waals surface area contributed by atoms with Crippen molar-refractivity contribution in [2.45, 2.75) is 20.4 Å². The molecule has 0 aliphatic heterocycles. The minimum atomic E-state index is -0.203. The summed E-state index contributed by atoms with van der Waals surface area (Å²) in [6.07, 6.45) is 1.57. The zero-order valence-corrected chi connectivity index (χ0v) is 11.0. The zero-order chi connectivity index (χ0) is 13.1. The highest BCUT2D eigenvalue weighted by molar-refractivity contribution is 6.33. The van der Waals surface area contributed by atoms with Crippen molar-refractivity contribution in [3.05, 3.63) is 47.0 Å². The number of benzene rings is 1. The van der Waals surface area contributed by atoms with Gasteiger partial charge in [0, 0.05) is 6.54 Å². The van der Waals surface area contributed by atoms with Crippen molar-refractivity contribution in [1.82, 2.24) is 9.55 Å². The summed E-state index contributed by atoms with van der Waals surface area (Å²) in [5, 5.41) is 3.30. The van der Waals surface area contributed by atoms with Gasteiger partial charge in [-0.3, -0.25) is 4.79 Å². The minimum Gasteiger partial charge on any atom is -0.325 e. The number of anilines is 1. The molecule has 0 aliphatic rings. The van der Waals surface area contributed by atoms with Crippen molar-refractivity contribution in [3.8, 4) is 0 Å². The van der Waals surface area contributed by atoms with Gasteiger partial charge >= 0.3 is 0 Å². The van der Waals surface area contributed by atoms with E-state index in [4.69, 9.17) is 11.6 Å². The first-order chi connectivity index (χ1) is 8.63. The predicted octanol–water partition coefficient (Wildman–Crippen LogP) is 3.12. The maximum atomic E-state index is 12.1. The van der Waals surface area contributed by atoms with E-state index in [-0.39, 0.29) is 5.91 Å². The molecule has 1 aromatic heterocycles. The first kappa shape index (κ1) is 12.6. The number of hydrogen-bond acceptors (Lipinski definition) is 2. The number of aromatic nitrogens is 2. The van der Waals surface area contributed by atoms with Gasteiger partial charge in [-0.2, -0.15) is 0 Å². The summed E-state index contributed by atoms with van der Waals surface area (Å²) in [5.74, 6) is 0.618. The Kier molecular flexibility index (Phi) is 3.67. The van der Waals surface area contributed by atoms with E-state index in [0.29, 0.717) is 22.9 Å². The van der Waals surface area contributed by atoms with Gasteiger partial charge in [-0.15, -0.1) is 0 Å². The van der Waals surface area contributed by atoms with Crippen molar-refractivity contribution in [3.63, 3.8) is 0 Å². The average molecular weight is 264 g/mol. The van der Waals surface area contributed by atoms with E-state index >= 15 is 0 Å². The summed E-state index contributed by atoms with van der Waals surface area (Å²) in [4.78, 5) is 16.3. The molecule has 0 spiro atoms. The highest BCUT2D eigenvalue weighted by atomic mass is 35.5. The molecule has 2 rings (SSSR count). The van der Waals surface area contributed by atoms with Crippen LogP contribution in [0, 0.1) is 6.92 Å². The van der Waals surface area contributed by atoms with Crippen LogP contribution in [0.3, 0.4) is 0 Å². The lowest BCUT2D eigenvalue weighted by Crippen LogP contribution is -2.17. The van der Waals surface area contributed by atoms with Gasteiger partial charge in [-0.1, -0.05) is 23.7 Å². The molecule has 4 nitrogen and oxygen atoms in total. The zero-order valence-electron chi connectivity index (χ0n) is 10.3. The molecule has 1 N–H and O–H groups in total. The first-order valence-electron chi connectivity index (χ1n) is 5.71. The fourth-order valence-electron chi connectivity index (χ4n) is 1.80. The SMILES string of the molecule is CCn1c(C(=O)Nc2ccccc2Cl)cnc1C. The molecular formula is C13H14ClN3O. The number of para-hydroxylation sites is 1. The molecule has 1 heterocycles. The fraction of sp³-hybridized carbons (Fsp3) is 0.231. The van der Waals surface area contributed by atoms with Crippen LogP contribution in [-0.2, 0) is 6.54 Å². The monoisotopic (exact) mass is 263 g/mol. The number of imidazole rings is 1. The van der Waals surface area contributed by atoms with Gasteiger partial charge in [-0.25, -0.2) is 4.98 Å². The molecule has 5 heteroatoms. The number of nitrogens with one attached hydrogen (secondary N) is 1. The third-order valence-corrected chi connectivity index (χ3v) is 3.06. The number of carbonyl (C=O) groups is 1. The Labute approximate surface area is 111 Å². The Hall–Kier alpha value is -1.81. The second-order valence-corrected chi connectivity index (χ2v) is 4.28. The molecular weight excluding hydrogens is 250 g/mol. The second kappa shape index (κ2) is 5.23. The average Bonchev–Trinajstić information content (AvgIpc) is 2.73. The smallest absolute Gasteiger partial charge is 0.273 e. The first-order valence-corrected chi connectivity index (χ1v) is 6.09. The quantitative estimate of drug-likeness (QED) is 0.925. The standard InChI is InChI=1S/C13H14ClN3O/c1-3-17-9(2)15-8-12(17)13(18)16-11-7-5-4-6-10(11)14/h4-8H,3H2,1-2H3,(H,16,18). The molecule has 0 radical (unpaired) electrons. The van der Waals surface area contributed by atoms with E-state index in [1.807, 2.05) is 30.5 Å². The van der Waals surface area contributed by atoms with E-state index in [9.17, 15) is 4.79 Å². The molecule has 2 aromatic rings. The van der Waals surface area contributed by atoms with Gasteiger partial charge < -0.3 is 9.88 Å². The topological polar surface area (TPSA) is 46.9 Å². The molecule has 18 heavy (non-hydrogen) atoms. The normalized spacial score (nSPS) is 10.4. The van der Waals surface area contributed by atoms with Gasteiger partial charge in [-0.05, 0) is 26.0 Å². The number of hydrogen-bond donors (Lipinski definition) is 1. The number of aryl methyl sites for hydroxylation is 1. The molecule has 0 aliphatic carbocycles. The Morgan fingerprint density at radius 1 is 1.44 bits per heavy atom. The maximum absolute atomic E-state index is 12.1. The summed E-state index contributed by atoms with van der Waals surface area (Å²) in [5.41, 5.74) is 1.14.